The number of piperidine rings is 1. The zero-order valence-electron chi connectivity index (χ0n) is 24.1. The number of aromatic nitrogens is 4. The highest BCUT2D eigenvalue weighted by molar-refractivity contribution is 5.99. The van der Waals surface area contributed by atoms with Crippen LogP contribution in [0.3, 0.4) is 0 Å². The molecule has 0 spiro atoms. The molecule has 3 aliphatic rings. The van der Waals surface area contributed by atoms with Crippen LogP contribution in [-0.2, 0) is 27.3 Å². The fourth-order valence-corrected chi connectivity index (χ4v) is 6.17. The van der Waals surface area contributed by atoms with Crippen molar-refractivity contribution in [3.8, 4) is 5.88 Å². The monoisotopic (exact) mass is 587 g/mol. The van der Waals surface area contributed by atoms with Gasteiger partial charge in [0, 0.05) is 51.4 Å². The Morgan fingerprint density at radius 3 is 2.67 bits per heavy atom. The van der Waals surface area contributed by atoms with Gasteiger partial charge >= 0.3 is 0 Å². The third kappa shape index (κ3) is 7.02. The number of pyridine rings is 1. The maximum atomic E-state index is 14.0. The van der Waals surface area contributed by atoms with Crippen LogP contribution in [0, 0.1) is 11.8 Å². The molecule has 3 aromatic rings. The number of fused-ring (bicyclic) bond motifs is 3. The Kier molecular flexibility index (Phi) is 8.92. The number of ether oxygens (including phenoxy) is 2. The summed E-state index contributed by atoms with van der Waals surface area (Å²) in [6.07, 6.45) is 5.36. The van der Waals surface area contributed by atoms with E-state index in [4.69, 9.17) is 9.47 Å². The Morgan fingerprint density at radius 2 is 1.84 bits per heavy atom. The first-order valence-corrected chi connectivity index (χ1v) is 15.0. The largest absolute Gasteiger partial charge is 0.477 e. The van der Waals surface area contributed by atoms with Crippen molar-refractivity contribution >= 4 is 17.7 Å². The number of nitrogens with one attached hydrogen (secondary N) is 1. The van der Waals surface area contributed by atoms with Gasteiger partial charge in [0.2, 0.25) is 17.7 Å². The molecular weight excluding hydrogens is 550 g/mol. The van der Waals surface area contributed by atoms with E-state index >= 15 is 0 Å². The highest BCUT2D eigenvalue weighted by Crippen LogP contribution is 2.31. The van der Waals surface area contributed by atoms with Crippen molar-refractivity contribution in [1.29, 1.82) is 0 Å². The average Bonchev–Trinajstić information content (AvgIpc) is 3.48. The van der Waals surface area contributed by atoms with Crippen LogP contribution in [-0.4, -0.2) is 99.5 Å². The van der Waals surface area contributed by atoms with Crippen molar-refractivity contribution in [3.05, 3.63) is 71.7 Å². The summed E-state index contributed by atoms with van der Waals surface area (Å²) in [4.78, 5) is 48.6. The van der Waals surface area contributed by atoms with E-state index in [1.54, 1.807) is 23.0 Å². The molecule has 226 valence electrons. The van der Waals surface area contributed by atoms with Crippen molar-refractivity contribution in [1.82, 2.24) is 35.1 Å². The predicted molar refractivity (Wildman–Crippen MR) is 155 cm³/mol. The van der Waals surface area contributed by atoms with Crippen LogP contribution in [0.4, 0.5) is 0 Å². The number of rotatable bonds is 6. The van der Waals surface area contributed by atoms with Gasteiger partial charge in [0.15, 0.2) is 0 Å². The van der Waals surface area contributed by atoms with Gasteiger partial charge in [-0.2, -0.15) is 0 Å². The van der Waals surface area contributed by atoms with Crippen LogP contribution in [0.5, 0.6) is 5.88 Å². The quantitative estimate of drug-likeness (QED) is 0.460. The molecule has 6 rings (SSSR count). The van der Waals surface area contributed by atoms with Crippen LogP contribution in [0.1, 0.15) is 40.9 Å². The summed E-state index contributed by atoms with van der Waals surface area (Å²) in [6, 6.07) is 12.4. The molecule has 1 N–H and O–H groups in total. The third-order valence-electron chi connectivity index (χ3n) is 8.54. The molecule has 3 atom stereocenters. The second kappa shape index (κ2) is 13.3. The summed E-state index contributed by atoms with van der Waals surface area (Å²) < 4.78 is 13.2. The molecule has 2 bridgehead atoms. The number of hydrogen-bond acceptors (Lipinski definition) is 8. The van der Waals surface area contributed by atoms with Gasteiger partial charge in [0.25, 0.3) is 5.91 Å². The van der Waals surface area contributed by atoms with Crippen molar-refractivity contribution in [3.63, 3.8) is 0 Å². The Hall–Kier alpha value is -4.32. The van der Waals surface area contributed by atoms with Crippen LogP contribution in [0.2, 0.25) is 0 Å². The minimum Gasteiger partial charge on any atom is -0.477 e. The van der Waals surface area contributed by atoms with Gasteiger partial charge < -0.3 is 24.6 Å². The maximum Gasteiger partial charge on any atom is 0.257 e. The number of nitrogens with zero attached hydrogens (tertiary/aromatic N) is 6. The molecule has 3 aliphatic heterocycles. The van der Waals surface area contributed by atoms with Crippen molar-refractivity contribution in [2.45, 2.75) is 38.3 Å². The Balaban J connectivity index is 1.21. The number of carbonyl (C=O) groups excluding carboxylic acids is 3. The molecule has 2 fully saturated rings. The van der Waals surface area contributed by atoms with Gasteiger partial charge in [-0.05, 0) is 42.4 Å². The van der Waals surface area contributed by atoms with Gasteiger partial charge in [0.1, 0.15) is 11.6 Å². The Labute approximate surface area is 250 Å². The minimum atomic E-state index is -0.853. The summed E-state index contributed by atoms with van der Waals surface area (Å²) in [5, 5.41) is 11.5. The molecule has 0 unspecified atom stereocenters. The molecule has 0 saturated carbocycles. The first-order chi connectivity index (χ1) is 21.0. The number of morpholine rings is 1. The van der Waals surface area contributed by atoms with E-state index in [0.29, 0.717) is 77.5 Å². The van der Waals surface area contributed by atoms with Crippen LogP contribution in [0.15, 0.2) is 54.9 Å². The lowest BCUT2D eigenvalue weighted by molar-refractivity contribution is -0.139. The molecule has 12 nitrogen and oxygen atoms in total. The lowest BCUT2D eigenvalue weighted by atomic mass is 9.80. The molecule has 0 aliphatic carbocycles. The number of benzene rings is 1. The summed E-state index contributed by atoms with van der Waals surface area (Å²) in [5.41, 5.74) is 1.96. The van der Waals surface area contributed by atoms with Gasteiger partial charge in [-0.25, -0.2) is 9.67 Å². The first kappa shape index (κ1) is 28.8. The van der Waals surface area contributed by atoms with E-state index in [9.17, 15) is 14.4 Å². The Morgan fingerprint density at radius 1 is 1.00 bits per heavy atom. The highest BCUT2D eigenvalue weighted by Gasteiger charge is 2.37. The normalized spacial score (nSPS) is 22.9. The average molecular weight is 588 g/mol. The number of hydrogen-bond donors (Lipinski definition) is 1. The maximum absolute atomic E-state index is 14.0. The van der Waals surface area contributed by atoms with E-state index in [1.165, 1.54) is 0 Å². The van der Waals surface area contributed by atoms with Crippen molar-refractivity contribution < 1.29 is 23.9 Å². The first-order valence-electron chi connectivity index (χ1n) is 15.0. The van der Waals surface area contributed by atoms with Crippen LogP contribution >= 0.6 is 0 Å². The molecular formula is C31H37N7O5. The van der Waals surface area contributed by atoms with E-state index < -0.39 is 11.9 Å². The molecule has 1 aromatic carbocycles. The Bertz CT molecular complexity index is 1420. The summed E-state index contributed by atoms with van der Waals surface area (Å²) >= 11 is 0. The molecule has 5 heterocycles. The zero-order valence-corrected chi connectivity index (χ0v) is 24.1. The van der Waals surface area contributed by atoms with E-state index in [1.807, 2.05) is 46.3 Å². The summed E-state index contributed by atoms with van der Waals surface area (Å²) in [7, 11) is 0. The van der Waals surface area contributed by atoms with Crippen LogP contribution in [0.25, 0.3) is 0 Å². The topological polar surface area (TPSA) is 132 Å². The lowest BCUT2D eigenvalue weighted by Crippen LogP contribution is -2.54. The van der Waals surface area contributed by atoms with Crippen LogP contribution < -0.4 is 10.1 Å². The van der Waals surface area contributed by atoms with Gasteiger partial charge in [-0.1, -0.05) is 35.5 Å². The molecule has 12 heteroatoms. The van der Waals surface area contributed by atoms with Gasteiger partial charge in [0.05, 0.1) is 32.1 Å². The number of carbonyl (C=O) groups is 3. The fraction of sp³-hybridized carbons (Fsp3) is 0.484. The van der Waals surface area contributed by atoms with E-state index in [2.05, 4.69) is 20.6 Å². The molecule has 3 amide bonds. The minimum absolute atomic E-state index is 0.0670. The lowest BCUT2D eigenvalue weighted by Gasteiger charge is -2.41. The second-order valence-corrected chi connectivity index (χ2v) is 11.4. The second-order valence-electron chi connectivity index (χ2n) is 11.4. The summed E-state index contributed by atoms with van der Waals surface area (Å²) in [5.74, 6) is -0.0374. The third-order valence-corrected chi connectivity index (χ3v) is 8.54. The van der Waals surface area contributed by atoms with Gasteiger partial charge in [-0.3, -0.25) is 14.4 Å². The molecule has 0 radical (unpaired) electrons. The highest BCUT2D eigenvalue weighted by atomic mass is 16.5. The molecule has 43 heavy (non-hydrogen) atoms. The van der Waals surface area contributed by atoms with E-state index in [-0.39, 0.29) is 41.5 Å². The summed E-state index contributed by atoms with van der Waals surface area (Å²) in [6.45, 7) is 4.25. The molecule has 2 saturated heterocycles. The predicted octanol–water partition coefficient (Wildman–Crippen LogP) is 1.56. The van der Waals surface area contributed by atoms with Crippen molar-refractivity contribution in [2.75, 3.05) is 46.0 Å². The smallest absolute Gasteiger partial charge is 0.257 e. The number of amides is 3. The SMILES string of the molecule is O=C1N[C@H](Cc2cn(Cc3ccccc3)nn2)C(=O)N2CC[C@@H](CC(=O)N3CCOCC3)[C@@H](CCOc3ncccc31)C2. The van der Waals surface area contributed by atoms with Gasteiger partial charge in [-0.15, -0.1) is 5.10 Å². The van der Waals surface area contributed by atoms with E-state index in [0.717, 1.165) is 5.56 Å². The fourth-order valence-electron chi connectivity index (χ4n) is 6.17. The zero-order chi connectivity index (χ0) is 29.6. The standard InChI is InChI=1S/C31H37N7O5/c39-28(36-12-15-42-16-13-36)17-23-8-11-37-20-24(23)9-14-43-30-26(7-4-10-32-30)29(40)33-27(31(37)41)18-25-21-38(35-34-25)19-22-5-2-1-3-6-22/h1-7,10,21,23-24,27H,8-9,11-20H2,(H,33,40)/t23-,24-,27+/m0/s1. The molecule has 2 aromatic heterocycles. The van der Waals surface area contributed by atoms with Crippen molar-refractivity contribution in [2.24, 2.45) is 11.8 Å².